The number of anilines is 1. The number of carbonyl (C=O) groups is 1. The third-order valence-corrected chi connectivity index (χ3v) is 2.52. The molecule has 1 aromatic heterocycles. The van der Waals surface area contributed by atoms with Crippen LogP contribution in [0.4, 0.5) is 10.6 Å². The molecule has 1 amide bonds. The molecule has 19 heavy (non-hydrogen) atoms. The molecule has 0 radical (unpaired) electrons. The minimum atomic E-state index is -1.63. The zero-order valence-corrected chi connectivity index (χ0v) is 11.8. The van der Waals surface area contributed by atoms with Gasteiger partial charge >= 0.3 is 6.09 Å². The first-order valence-corrected chi connectivity index (χ1v) is 6.44. The van der Waals surface area contributed by atoms with E-state index in [1.807, 2.05) is 30.3 Å². The van der Waals surface area contributed by atoms with Crippen LogP contribution in [0, 0.1) is 0 Å². The van der Waals surface area contributed by atoms with Crippen LogP contribution < -0.4 is 5.32 Å². The lowest BCUT2D eigenvalue weighted by Crippen LogP contribution is -2.21. The molecule has 2 rings (SSSR count). The summed E-state index contributed by atoms with van der Waals surface area (Å²) in [4.78, 5) is 15.7. The van der Waals surface area contributed by atoms with Crippen molar-refractivity contribution in [2.45, 2.75) is 3.79 Å². The van der Waals surface area contributed by atoms with Gasteiger partial charge in [-0.25, -0.2) is 9.78 Å². The van der Waals surface area contributed by atoms with Gasteiger partial charge in [-0.3, -0.25) is 5.32 Å². The van der Waals surface area contributed by atoms with Crippen molar-refractivity contribution < 1.29 is 9.53 Å². The fourth-order valence-corrected chi connectivity index (χ4v) is 1.59. The number of aromatic nitrogens is 1. The maximum absolute atomic E-state index is 11.4. The molecule has 0 spiro atoms. The summed E-state index contributed by atoms with van der Waals surface area (Å²) in [5.74, 6) is 0.369. The monoisotopic (exact) mass is 318 g/mol. The van der Waals surface area contributed by atoms with Crippen LogP contribution >= 0.6 is 34.8 Å². The molecule has 0 fully saturated rings. The molecule has 1 aromatic carbocycles. The lowest BCUT2D eigenvalue weighted by Gasteiger charge is -2.11. The number of ether oxygens (including phenoxy) is 1. The van der Waals surface area contributed by atoms with E-state index < -0.39 is 9.89 Å². The van der Waals surface area contributed by atoms with Gasteiger partial charge in [-0.05, 0) is 18.2 Å². The predicted octanol–water partition coefficient (Wildman–Crippen LogP) is 4.15. The van der Waals surface area contributed by atoms with Gasteiger partial charge in [0.15, 0.2) is 0 Å². The zero-order chi connectivity index (χ0) is 13.9. The highest BCUT2D eigenvalue weighted by Gasteiger charge is 2.22. The van der Waals surface area contributed by atoms with Crippen molar-refractivity contribution in [2.75, 3.05) is 11.9 Å². The summed E-state index contributed by atoms with van der Waals surface area (Å²) in [5.41, 5.74) is 0.765. The summed E-state index contributed by atoms with van der Waals surface area (Å²) < 4.78 is 3.11. The Bertz CT molecular complexity index is 599. The Hall–Kier alpha value is -1.23. The Balaban J connectivity index is 2.03. The third kappa shape index (κ3) is 4.42. The number of benzene rings is 1. The molecule has 100 valence electrons. The Morgan fingerprint density at radius 1 is 1.21 bits per heavy atom. The van der Waals surface area contributed by atoms with Crippen LogP contribution in [0.5, 0.6) is 0 Å². The van der Waals surface area contributed by atoms with Gasteiger partial charge in [-0.15, -0.1) is 0 Å². The van der Waals surface area contributed by atoms with Crippen molar-refractivity contribution in [1.29, 1.82) is 0 Å². The maximum Gasteiger partial charge on any atom is 0.412 e. The lowest BCUT2D eigenvalue weighted by molar-refractivity contribution is 0.164. The number of carbonyl (C=O) groups excluding carboxylic acids is 1. The van der Waals surface area contributed by atoms with Gasteiger partial charge in [0.05, 0.1) is 5.52 Å². The van der Waals surface area contributed by atoms with E-state index in [9.17, 15) is 4.79 Å². The number of alkyl halides is 3. The fraction of sp³-hybridized carbons (Fsp3) is 0.167. The molecule has 1 N–H and O–H groups in total. The van der Waals surface area contributed by atoms with E-state index >= 15 is 0 Å². The lowest BCUT2D eigenvalue weighted by atomic mass is 10.2. The number of pyridine rings is 1. The fourth-order valence-electron chi connectivity index (χ4n) is 1.42. The van der Waals surface area contributed by atoms with Gasteiger partial charge in [-0.1, -0.05) is 53.0 Å². The first-order valence-electron chi connectivity index (χ1n) is 5.30. The molecular formula is C12H9Cl3N2O2. The van der Waals surface area contributed by atoms with Crippen LogP contribution in [0.3, 0.4) is 0 Å². The van der Waals surface area contributed by atoms with E-state index in [1.165, 1.54) is 0 Å². The highest BCUT2D eigenvalue weighted by atomic mass is 35.6. The van der Waals surface area contributed by atoms with Crippen molar-refractivity contribution in [3.63, 3.8) is 0 Å². The van der Waals surface area contributed by atoms with Crippen molar-refractivity contribution in [3.8, 4) is 0 Å². The quantitative estimate of drug-likeness (QED) is 0.846. The Morgan fingerprint density at radius 3 is 2.68 bits per heavy atom. The first kappa shape index (κ1) is 14.2. The number of halogens is 3. The number of amides is 1. The number of hydrogen-bond acceptors (Lipinski definition) is 3. The van der Waals surface area contributed by atoms with Gasteiger partial charge in [-0.2, -0.15) is 0 Å². The summed E-state index contributed by atoms with van der Waals surface area (Å²) in [7, 11) is 0. The van der Waals surface area contributed by atoms with E-state index in [0.717, 1.165) is 10.9 Å². The smallest absolute Gasteiger partial charge is 0.412 e. The van der Waals surface area contributed by atoms with E-state index in [4.69, 9.17) is 39.5 Å². The molecule has 0 saturated carbocycles. The summed E-state index contributed by atoms with van der Waals surface area (Å²) in [6.07, 6.45) is -0.728. The molecule has 0 aliphatic carbocycles. The second kappa shape index (κ2) is 5.82. The molecule has 2 aromatic rings. The Labute approximate surface area is 124 Å². The van der Waals surface area contributed by atoms with Crippen LogP contribution in [-0.4, -0.2) is 21.5 Å². The van der Waals surface area contributed by atoms with E-state index in [2.05, 4.69) is 10.3 Å². The minimum absolute atomic E-state index is 0.336. The average Bonchev–Trinajstić information content (AvgIpc) is 2.35. The molecular weight excluding hydrogens is 311 g/mol. The van der Waals surface area contributed by atoms with Crippen LogP contribution in [0.25, 0.3) is 10.9 Å². The minimum Gasteiger partial charge on any atom is -0.445 e. The molecule has 0 aliphatic rings. The molecule has 0 unspecified atom stereocenters. The maximum atomic E-state index is 11.4. The Kier molecular flexibility index (Phi) is 4.34. The van der Waals surface area contributed by atoms with Gasteiger partial charge in [0.2, 0.25) is 3.79 Å². The standard InChI is InChI=1S/C12H9Cl3N2O2/c13-12(14,15)7-19-11(18)17-10-6-5-8-3-1-2-4-9(8)16-10/h1-6H,7H2,(H,16,17,18). The molecule has 0 saturated heterocycles. The number of nitrogens with one attached hydrogen (secondary N) is 1. The zero-order valence-electron chi connectivity index (χ0n) is 9.57. The molecule has 4 nitrogen and oxygen atoms in total. The topological polar surface area (TPSA) is 51.2 Å². The van der Waals surface area contributed by atoms with Crippen LogP contribution in [0.2, 0.25) is 0 Å². The molecule has 1 heterocycles. The van der Waals surface area contributed by atoms with Gasteiger partial charge < -0.3 is 4.74 Å². The summed E-state index contributed by atoms with van der Waals surface area (Å²) in [6, 6.07) is 11.0. The highest BCUT2D eigenvalue weighted by molar-refractivity contribution is 6.67. The second-order valence-electron chi connectivity index (χ2n) is 3.71. The molecule has 7 heteroatoms. The molecule has 0 aliphatic heterocycles. The largest absolute Gasteiger partial charge is 0.445 e. The van der Waals surface area contributed by atoms with Crippen molar-refractivity contribution >= 4 is 57.6 Å². The van der Waals surface area contributed by atoms with Crippen LogP contribution in [0.15, 0.2) is 36.4 Å². The van der Waals surface area contributed by atoms with E-state index in [-0.39, 0.29) is 6.61 Å². The van der Waals surface area contributed by atoms with Gasteiger partial charge in [0.1, 0.15) is 12.4 Å². The van der Waals surface area contributed by atoms with Crippen molar-refractivity contribution in [3.05, 3.63) is 36.4 Å². The Morgan fingerprint density at radius 2 is 1.95 bits per heavy atom. The number of para-hydroxylation sites is 1. The van der Waals surface area contributed by atoms with Gasteiger partial charge in [0, 0.05) is 5.39 Å². The number of nitrogens with zero attached hydrogens (tertiary/aromatic N) is 1. The third-order valence-electron chi connectivity index (χ3n) is 2.20. The number of rotatable bonds is 2. The summed E-state index contributed by atoms with van der Waals surface area (Å²) in [5, 5.41) is 3.43. The second-order valence-corrected chi connectivity index (χ2v) is 6.22. The predicted molar refractivity (Wildman–Crippen MR) is 77.0 cm³/mol. The summed E-state index contributed by atoms with van der Waals surface area (Å²) in [6.45, 7) is -0.336. The highest BCUT2D eigenvalue weighted by Crippen LogP contribution is 2.26. The SMILES string of the molecule is O=C(Nc1ccc2ccccc2n1)OCC(Cl)(Cl)Cl. The average molecular weight is 320 g/mol. The van der Waals surface area contributed by atoms with Crippen molar-refractivity contribution in [1.82, 2.24) is 4.98 Å². The number of hydrogen-bond donors (Lipinski definition) is 1. The van der Waals surface area contributed by atoms with E-state index in [0.29, 0.717) is 5.82 Å². The normalized spacial score (nSPS) is 11.3. The first-order chi connectivity index (χ1) is 8.94. The molecule has 0 atom stereocenters. The number of fused-ring (bicyclic) bond motifs is 1. The summed E-state index contributed by atoms with van der Waals surface area (Å²) >= 11 is 16.4. The van der Waals surface area contributed by atoms with Crippen LogP contribution in [-0.2, 0) is 4.74 Å². The van der Waals surface area contributed by atoms with E-state index in [1.54, 1.807) is 6.07 Å². The van der Waals surface area contributed by atoms with Crippen molar-refractivity contribution in [2.24, 2.45) is 0 Å². The van der Waals surface area contributed by atoms with Gasteiger partial charge in [0.25, 0.3) is 0 Å². The van der Waals surface area contributed by atoms with Crippen LogP contribution in [0.1, 0.15) is 0 Å². The molecule has 0 bridgehead atoms.